The van der Waals surface area contributed by atoms with E-state index in [1.807, 2.05) is 76.5 Å². The topological polar surface area (TPSA) is 88.2 Å². The maximum atomic E-state index is 14.1. The lowest BCUT2D eigenvalue weighted by atomic mass is 9.95. The van der Waals surface area contributed by atoms with Crippen LogP contribution in [0.1, 0.15) is 32.6 Å². The van der Waals surface area contributed by atoms with Crippen molar-refractivity contribution in [3.05, 3.63) is 136 Å². The molecule has 4 aromatic rings. The lowest BCUT2D eigenvalue weighted by Crippen LogP contribution is -2.58. The van der Waals surface area contributed by atoms with Crippen LogP contribution in [0.4, 0.5) is 5.69 Å². The number of nitrogens with one attached hydrogen (secondary N) is 2. The lowest BCUT2D eigenvalue weighted by molar-refractivity contribution is -0.137. The molecule has 0 radical (unpaired) electrons. The summed E-state index contributed by atoms with van der Waals surface area (Å²) in [5, 5.41) is 7.08. The molecule has 10 heteroatoms. The monoisotopic (exact) mass is 704 g/mol. The molecule has 2 saturated heterocycles. The minimum Gasteiger partial charge on any atom is -0.367 e. The SMILES string of the molecule is O=C(N[C@H](Cc1ccc(Cl)cc1)C(=O)N1CCN(c2ccccc2C(=O)N2CCN(Cc3ccccc3)CC2)CC1)[C@@H]1Cc2ccccc2CN1. The Hall–Kier alpha value is -4.70. The summed E-state index contributed by atoms with van der Waals surface area (Å²) in [6.45, 7) is 6.69. The molecule has 9 nitrogen and oxygen atoms in total. The zero-order chi connectivity index (χ0) is 35.2. The number of carbonyl (C=O) groups is 3. The number of anilines is 1. The van der Waals surface area contributed by atoms with E-state index in [9.17, 15) is 14.4 Å². The van der Waals surface area contributed by atoms with Gasteiger partial charge in [0.1, 0.15) is 6.04 Å². The van der Waals surface area contributed by atoms with Gasteiger partial charge in [0.25, 0.3) is 5.91 Å². The normalized spacial score (nSPS) is 18.5. The standard InChI is InChI=1S/C41H45ClN6O3/c42-34-16-14-30(15-17-34)26-37(44-39(49)36-27-32-10-4-5-11-33(32)28-43-36)41(51)48-24-22-46(23-25-48)38-13-7-6-12-35(38)40(50)47-20-18-45(19-21-47)29-31-8-2-1-3-9-31/h1-17,36-37,43H,18-29H2,(H,44,49)/t36-,37+/m0/s1. The first-order valence-corrected chi connectivity index (χ1v) is 18.3. The van der Waals surface area contributed by atoms with Crippen molar-refractivity contribution in [2.24, 2.45) is 0 Å². The summed E-state index contributed by atoms with van der Waals surface area (Å²) in [4.78, 5) is 50.0. The van der Waals surface area contributed by atoms with E-state index in [2.05, 4.69) is 56.8 Å². The Morgan fingerprint density at radius 2 is 1.35 bits per heavy atom. The van der Waals surface area contributed by atoms with Crippen LogP contribution in [0, 0.1) is 0 Å². The van der Waals surface area contributed by atoms with Crippen LogP contribution in [0.15, 0.2) is 103 Å². The van der Waals surface area contributed by atoms with Gasteiger partial charge in [0, 0.05) is 82.6 Å². The van der Waals surface area contributed by atoms with E-state index in [1.165, 1.54) is 11.1 Å². The van der Waals surface area contributed by atoms with Gasteiger partial charge in [-0.05, 0) is 52.9 Å². The Morgan fingerprint density at radius 3 is 2.10 bits per heavy atom. The minimum absolute atomic E-state index is 0.0492. The number of halogens is 1. The number of hydrogen-bond acceptors (Lipinski definition) is 6. The van der Waals surface area contributed by atoms with Crippen LogP contribution in [0.3, 0.4) is 0 Å². The molecule has 0 saturated carbocycles. The molecule has 0 unspecified atom stereocenters. The van der Waals surface area contributed by atoms with Crippen molar-refractivity contribution in [2.75, 3.05) is 57.3 Å². The van der Waals surface area contributed by atoms with Gasteiger partial charge in [-0.2, -0.15) is 0 Å². The van der Waals surface area contributed by atoms with Crippen molar-refractivity contribution in [1.82, 2.24) is 25.3 Å². The third-order valence-corrected chi connectivity index (χ3v) is 10.6. The Balaban J connectivity index is 0.983. The van der Waals surface area contributed by atoms with Crippen LogP contribution in [-0.4, -0.2) is 96.9 Å². The van der Waals surface area contributed by atoms with Crippen molar-refractivity contribution in [2.45, 2.75) is 38.0 Å². The van der Waals surface area contributed by atoms with Crippen LogP contribution in [0.5, 0.6) is 0 Å². The number of amides is 3. The van der Waals surface area contributed by atoms with E-state index in [-0.39, 0.29) is 17.7 Å². The molecule has 3 heterocycles. The predicted molar refractivity (Wildman–Crippen MR) is 201 cm³/mol. The fourth-order valence-electron chi connectivity index (χ4n) is 7.41. The number of rotatable bonds is 9. The van der Waals surface area contributed by atoms with Crippen molar-refractivity contribution in [3.63, 3.8) is 0 Å². The van der Waals surface area contributed by atoms with Crippen LogP contribution in [0.25, 0.3) is 0 Å². The molecule has 3 aliphatic rings. The summed E-state index contributed by atoms with van der Waals surface area (Å²) in [5.74, 6) is -0.233. The zero-order valence-electron chi connectivity index (χ0n) is 28.8. The Morgan fingerprint density at radius 1 is 0.706 bits per heavy atom. The second-order valence-corrected chi connectivity index (χ2v) is 14.1. The number of piperazine rings is 2. The molecule has 264 valence electrons. The van der Waals surface area contributed by atoms with Crippen molar-refractivity contribution < 1.29 is 14.4 Å². The summed E-state index contributed by atoms with van der Waals surface area (Å²) in [5.41, 5.74) is 6.15. The van der Waals surface area contributed by atoms with Gasteiger partial charge in [-0.15, -0.1) is 0 Å². The highest BCUT2D eigenvalue weighted by atomic mass is 35.5. The highest BCUT2D eigenvalue weighted by molar-refractivity contribution is 6.30. The molecule has 0 spiro atoms. The first-order chi connectivity index (χ1) is 24.9. The molecular formula is C41H45ClN6O3. The van der Waals surface area contributed by atoms with Gasteiger partial charge in [0.2, 0.25) is 11.8 Å². The van der Waals surface area contributed by atoms with E-state index < -0.39 is 12.1 Å². The maximum Gasteiger partial charge on any atom is 0.256 e. The number of nitrogens with zero attached hydrogens (tertiary/aromatic N) is 4. The van der Waals surface area contributed by atoms with E-state index >= 15 is 0 Å². The quantitative estimate of drug-likeness (QED) is 0.269. The molecule has 3 amide bonds. The molecule has 2 fully saturated rings. The Bertz CT molecular complexity index is 1820. The Labute approximate surface area is 305 Å². The molecule has 2 N–H and O–H groups in total. The largest absolute Gasteiger partial charge is 0.367 e. The lowest BCUT2D eigenvalue weighted by Gasteiger charge is -2.39. The smallest absolute Gasteiger partial charge is 0.256 e. The fraction of sp³-hybridized carbons (Fsp3) is 0.341. The van der Waals surface area contributed by atoms with Crippen LogP contribution in [0.2, 0.25) is 5.02 Å². The summed E-state index contributed by atoms with van der Waals surface area (Å²) in [6, 6.07) is 32.7. The third kappa shape index (κ3) is 8.44. The molecule has 7 rings (SSSR count). The van der Waals surface area contributed by atoms with E-state index in [0.29, 0.717) is 69.2 Å². The number of benzene rings is 4. The summed E-state index contributed by atoms with van der Waals surface area (Å²) in [6.07, 6.45) is 0.936. The van der Waals surface area contributed by atoms with E-state index in [1.54, 1.807) is 0 Å². The van der Waals surface area contributed by atoms with Crippen molar-refractivity contribution in [3.8, 4) is 0 Å². The van der Waals surface area contributed by atoms with Gasteiger partial charge >= 0.3 is 0 Å². The number of fused-ring (bicyclic) bond motifs is 1. The molecular weight excluding hydrogens is 660 g/mol. The summed E-state index contributed by atoms with van der Waals surface area (Å²) < 4.78 is 0. The molecule has 0 aromatic heterocycles. The minimum atomic E-state index is -0.724. The summed E-state index contributed by atoms with van der Waals surface area (Å²) in [7, 11) is 0. The van der Waals surface area contributed by atoms with Gasteiger partial charge < -0.3 is 25.3 Å². The van der Waals surface area contributed by atoms with Gasteiger partial charge in [-0.25, -0.2) is 0 Å². The van der Waals surface area contributed by atoms with Gasteiger partial charge in [-0.1, -0.05) is 90.5 Å². The van der Waals surface area contributed by atoms with Crippen LogP contribution < -0.4 is 15.5 Å². The fourth-order valence-corrected chi connectivity index (χ4v) is 7.53. The molecule has 2 atom stereocenters. The van der Waals surface area contributed by atoms with E-state index in [0.717, 1.165) is 36.4 Å². The van der Waals surface area contributed by atoms with E-state index in [4.69, 9.17) is 11.6 Å². The Kier molecular flexibility index (Phi) is 11.0. The molecule has 0 bridgehead atoms. The second-order valence-electron chi connectivity index (χ2n) is 13.7. The number of carbonyl (C=O) groups excluding carboxylic acids is 3. The average molecular weight is 705 g/mol. The third-order valence-electron chi connectivity index (χ3n) is 10.3. The predicted octanol–water partition coefficient (Wildman–Crippen LogP) is 4.39. The van der Waals surface area contributed by atoms with Crippen molar-refractivity contribution in [1.29, 1.82) is 0 Å². The second kappa shape index (κ2) is 16.1. The van der Waals surface area contributed by atoms with Gasteiger partial charge in [0.05, 0.1) is 11.6 Å². The van der Waals surface area contributed by atoms with Gasteiger partial charge in [0.15, 0.2) is 0 Å². The zero-order valence-corrected chi connectivity index (χ0v) is 29.6. The summed E-state index contributed by atoms with van der Waals surface area (Å²) >= 11 is 6.15. The molecule has 51 heavy (non-hydrogen) atoms. The highest BCUT2D eigenvalue weighted by Gasteiger charge is 2.33. The van der Waals surface area contributed by atoms with Crippen molar-refractivity contribution >= 4 is 35.0 Å². The highest BCUT2D eigenvalue weighted by Crippen LogP contribution is 2.25. The molecule has 3 aliphatic heterocycles. The average Bonchev–Trinajstić information content (AvgIpc) is 3.18. The number of hydrogen-bond donors (Lipinski definition) is 2. The molecule has 4 aromatic carbocycles. The van der Waals surface area contributed by atoms with Crippen LogP contribution >= 0.6 is 11.6 Å². The maximum absolute atomic E-state index is 14.1. The number of para-hydroxylation sites is 1. The molecule has 0 aliphatic carbocycles. The first-order valence-electron chi connectivity index (χ1n) is 17.9. The first kappa shape index (κ1) is 34.7. The van der Waals surface area contributed by atoms with Crippen LogP contribution in [-0.2, 0) is 35.5 Å². The van der Waals surface area contributed by atoms with Gasteiger partial charge in [-0.3, -0.25) is 19.3 Å².